The molecular formula is C17H25N3O. The molecule has 2 atom stereocenters. The normalized spacial score (nSPS) is 25.6. The van der Waals surface area contributed by atoms with Gasteiger partial charge in [0.05, 0.1) is 6.54 Å². The number of carbonyl (C=O) groups excluding carboxylic acids is 1. The summed E-state index contributed by atoms with van der Waals surface area (Å²) in [6.45, 7) is 5.26. The van der Waals surface area contributed by atoms with Gasteiger partial charge in [-0.2, -0.15) is 0 Å². The molecule has 2 aliphatic rings. The van der Waals surface area contributed by atoms with Crippen molar-refractivity contribution in [2.75, 3.05) is 19.6 Å². The lowest BCUT2D eigenvalue weighted by atomic mass is 10.1. The van der Waals surface area contributed by atoms with E-state index < -0.39 is 0 Å². The zero-order valence-corrected chi connectivity index (χ0v) is 12.8. The predicted molar refractivity (Wildman–Crippen MR) is 84.0 cm³/mol. The highest BCUT2D eigenvalue weighted by Gasteiger charge is 2.29. The number of nitrogens with one attached hydrogen (secondary N) is 2. The first-order valence-corrected chi connectivity index (χ1v) is 8.00. The van der Waals surface area contributed by atoms with E-state index in [1.807, 2.05) is 0 Å². The average Bonchev–Trinajstić information content (AvgIpc) is 2.81. The fraction of sp³-hybridized carbons (Fsp3) is 0.588. The summed E-state index contributed by atoms with van der Waals surface area (Å²) >= 11 is 0. The summed E-state index contributed by atoms with van der Waals surface area (Å²) in [4.78, 5) is 14.4. The third-order valence-electron chi connectivity index (χ3n) is 4.58. The number of likely N-dealkylation sites (tertiary alicyclic amines) is 1. The van der Waals surface area contributed by atoms with Crippen molar-refractivity contribution in [1.29, 1.82) is 0 Å². The van der Waals surface area contributed by atoms with E-state index >= 15 is 0 Å². The Morgan fingerprint density at radius 1 is 1.24 bits per heavy atom. The minimum absolute atomic E-state index is 0.133. The summed E-state index contributed by atoms with van der Waals surface area (Å²) in [5.41, 5.74) is 2.41. The van der Waals surface area contributed by atoms with Crippen molar-refractivity contribution in [3.05, 3.63) is 35.4 Å². The second kappa shape index (κ2) is 6.58. The van der Waals surface area contributed by atoms with Crippen LogP contribution >= 0.6 is 0 Å². The van der Waals surface area contributed by atoms with Crippen molar-refractivity contribution in [3.63, 3.8) is 0 Å². The van der Waals surface area contributed by atoms with Crippen molar-refractivity contribution < 1.29 is 4.79 Å². The summed E-state index contributed by atoms with van der Waals surface area (Å²) in [6, 6.07) is 9.57. The fourth-order valence-corrected chi connectivity index (χ4v) is 3.32. The van der Waals surface area contributed by atoms with Crippen LogP contribution in [0.1, 0.15) is 30.4 Å². The SMILES string of the molecule is Cc1ccc(CNC(=O)CN2CCC3CCC(C2)N3)cc1. The van der Waals surface area contributed by atoms with Gasteiger partial charge in [-0.15, -0.1) is 0 Å². The van der Waals surface area contributed by atoms with Gasteiger partial charge in [-0.25, -0.2) is 0 Å². The van der Waals surface area contributed by atoms with Crippen molar-refractivity contribution in [2.24, 2.45) is 0 Å². The van der Waals surface area contributed by atoms with E-state index in [0.29, 0.717) is 25.2 Å². The molecule has 3 rings (SSSR count). The first-order chi connectivity index (χ1) is 10.2. The smallest absolute Gasteiger partial charge is 0.234 e. The molecule has 0 radical (unpaired) electrons. The van der Waals surface area contributed by atoms with Gasteiger partial charge in [-0.1, -0.05) is 29.8 Å². The molecule has 0 aliphatic carbocycles. The van der Waals surface area contributed by atoms with Crippen molar-refractivity contribution in [2.45, 2.75) is 44.8 Å². The van der Waals surface area contributed by atoms with Gasteiger partial charge in [0, 0.05) is 31.7 Å². The van der Waals surface area contributed by atoms with Gasteiger partial charge >= 0.3 is 0 Å². The Morgan fingerprint density at radius 2 is 2.00 bits per heavy atom. The number of carbonyl (C=O) groups is 1. The van der Waals surface area contributed by atoms with Crippen LogP contribution in [0.2, 0.25) is 0 Å². The zero-order valence-electron chi connectivity index (χ0n) is 12.8. The predicted octanol–water partition coefficient (Wildman–Crippen LogP) is 1.44. The molecule has 2 fully saturated rings. The second-order valence-electron chi connectivity index (χ2n) is 6.42. The molecule has 2 aliphatic heterocycles. The lowest BCUT2D eigenvalue weighted by Crippen LogP contribution is -2.41. The Hall–Kier alpha value is -1.39. The lowest BCUT2D eigenvalue weighted by molar-refractivity contribution is -0.122. The van der Waals surface area contributed by atoms with Crippen LogP contribution in [0.4, 0.5) is 0 Å². The molecule has 2 N–H and O–H groups in total. The maximum atomic E-state index is 12.1. The van der Waals surface area contributed by atoms with E-state index in [1.165, 1.54) is 24.8 Å². The molecule has 2 bridgehead atoms. The highest BCUT2D eigenvalue weighted by Crippen LogP contribution is 2.20. The number of benzene rings is 1. The summed E-state index contributed by atoms with van der Waals surface area (Å²) in [5.74, 6) is 0.133. The molecule has 0 spiro atoms. The minimum atomic E-state index is 0.133. The molecule has 0 aromatic heterocycles. The van der Waals surface area contributed by atoms with Gasteiger partial charge in [-0.3, -0.25) is 9.69 Å². The third-order valence-corrected chi connectivity index (χ3v) is 4.58. The average molecular weight is 287 g/mol. The van der Waals surface area contributed by atoms with Crippen LogP contribution in [0.3, 0.4) is 0 Å². The van der Waals surface area contributed by atoms with E-state index in [9.17, 15) is 4.79 Å². The number of hydrogen-bond acceptors (Lipinski definition) is 3. The van der Waals surface area contributed by atoms with Crippen LogP contribution in [0.15, 0.2) is 24.3 Å². The Labute approximate surface area is 126 Å². The molecule has 21 heavy (non-hydrogen) atoms. The maximum Gasteiger partial charge on any atom is 0.234 e. The summed E-state index contributed by atoms with van der Waals surface area (Å²) in [7, 11) is 0. The Bertz CT molecular complexity index is 485. The molecular weight excluding hydrogens is 262 g/mol. The fourth-order valence-electron chi connectivity index (χ4n) is 3.32. The quantitative estimate of drug-likeness (QED) is 0.881. The molecule has 2 saturated heterocycles. The summed E-state index contributed by atoms with van der Waals surface area (Å²) in [6.07, 6.45) is 3.73. The maximum absolute atomic E-state index is 12.1. The zero-order chi connectivity index (χ0) is 14.7. The number of aryl methyl sites for hydroxylation is 1. The standard InChI is InChI=1S/C17H25N3O/c1-13-2-4-14(5-3-13)10-18-17(21)12-20-9-8-15-6-7-16(11-20)19-15/h2-5,15-16,19H,6-12H2,1H3,(H,18,21). The molecule has 1 aromatic rings. The first-order valence-electron chi connectivity index (χ1n) is 8.00. The minimum Gasteiger partial charge on any atom is -0.351 e. The van der Waals surface area contributed by atoms with Crippen LogP contribution < -0.4 is 10.6 Å². The number of rotatable bonds is 4. The van der Waals surface area contributed by atoms with Crippen LogP contribution in [0.5, 0.6) is 0 Å². The Kier molecular flexibility index (Phi) is 4.56. The number of fused-ring (bicyclic) bond motifs is 2. The molecule has 114 valence electrons. The van der Waals surface area contributed by atoms with Crippen molar-refractivity contribution >= 4 is 5.91 Å². The van der Waals surface area contributed by atoms with E-state index in [4.69, 9.17) is 0 Å². The van der Waals surface area contributed by atoms with Crippen LogP contribution in [0, 0.1) is 6.92 Å². The van der Waals surface area contributed by atoms with E-state index in [0.717, 1.165) is 18.7 Å². The lowest BCUT2D eigenvalue weighted by Gasteiger charge is -2.23. The van der Waals surface area contributed by atoms with Crippen molar-refractivity contribution in [3.8, 4) is 0 Å². The largest absolute Gasteiger partial charge is 0.351 e. The number of amides is 1. The van der Waals surface area contributed by atoms with E-state index in [2.05, 4.69) is 46.7 Å². The summed E-state index contributed by atoms with van der Waals surface area (Å²) < 4.78 is 0. The Balaban J connectivity index is 1.44. The molecule has 4 heteroatoms. The van der Waals surface area contributed by atoms with Crippen LogP contribution in [-0.4, -0.2) is 42.5 Å². The summed E-state index contributed by atoms with van der Waals surface area (Å²) in [5, 5.41) is 6.67. The molecule has 4 nitrogen and oxygen atoms in total. The van der Waals surface area contributed by atoms with Gasteiger partial charge in [0.1, 0.15) is 0 Å². The van der Waals surface area contributed by atoms with E-state index in [-0.39, 0.29) is 5.91 Å². The molecule has 2 heterocycles. The Morgan fingerprint density at radius 3 is 2.81 bits per heavy atom. The van der Waals surface area contributed by atoms with Gasteiger partial charge in [-0.05, 0) is 31.7 Å². The highest BCUT2D eigenvalue weighted by atomic mass is 16.2. The second-order valence-corrected chi connectivity index (χ2v) is 6.42. The van der Waals surface area contributed by atoms with Crippen molar-refractivity contribution in [1.82, 2.24) is 15.5 Å². The van der Waals surface area contributed by atoms with Crippen LogP contribution in [-0.2, 0) is 11.3 Å². The number of hydrogen-bond donors (Lipinski definition) is 2. The third kappa shape index (κ3) is 4.05. The van der Waals surface area contributed by atoms with Crippen LogP contribution in [0.25, 0.3) is 0 Å². The van der Waals surface area contributed by atoms with Gasteiger partial charge in [0.25, 0.3) is 0 Å². The molecule has 2 unspecified atom stereocenters. The molecule has 0 saturated carbocycles. The topological polar surface area (TPSA) is 44.4 Å². The first kappa shape index (κ1) is 14.5. The molecule has 1 aromatic carbocycles. The van der Waals surface area contributed by atoms with Gasteiger partial charge in [0.15, 0.2) is 0 Å². The highest BCUT2D eigenvalue weighted by molar-refractivity contribution is 5.78. The van der Waals surface area contributed by atoms with E-state index in [1.54, 1.807) is 0 Å². The molecule has 1 amide bonds. The monoisotopic (exact) mass is 287 g/mol. The van der Waals surface area contributed by atoms with Gasteiger partial charge in [0.2, 0.25) is 5.91 Å². The number of nitrogens with zero attached hydrogens (tertiary/aromatic N) is 1. The van der Waals surface area contributed by atoms with Gasteiger partial charge < -0.3 is 10.6 Å².